The van der Waals surface area contributed by atoms with Crippen molar-refractivity contribution in [1.29, 1.82) is 0 Å². The molecule has 0 spiro atoms. The minimum absolute atomic E-state index is 0.0445. The van der Waals surface area contributed by atoms with Crippen LogP contribution in [0.4, 0.5) is 0 Å². The summed E-state index contributed by atoms with van der Waals surface area (Å²) in [5.41, 5.74) is -0.547. The lowest BCUT2D eigenvalue weighted by atomic mass is 9.51. The van der Waals surface area contributed by atoms with Gasteiger partial charge < -0.3 is 9.84 Å². The third-order valence-corrected chi connectivity index (χ3v) is 12.1. The van der Waals surface area contributed by atoms with Crippen LogP contribution < -0.4 is 0 Å². The standard InChI is InChI=1S/C29H45NO4/c1-16-5-8-27-29(4,33)23-7-6-19-20(22(23)15-30(27)14-16)12-24-21(19)13-26(32)25-11-18(34-17(2)31)9-10-28(24,25)3/h16,18-25,27,33H,5-15H2,1-4H3/t16-,18+,19+,20+,21-,22+,23-,24-,25+,27-,28+,29-/m0/s1. The zero-order valence-electron chi connectivity index (χ0n) is 21.7. The first kappa shape index (κ1) is 23.5. The van der Waals surface area contributed by atoms with Gasteiger partial charge in [0.25, 0.3) is 0 Å². The number of carbonyl (C=O) groups is 2. The molecule has 4 saturated carbocycles. The Bertz CT molecular complexity index is 855. The predicted octanol–water partition coefficient (Wildman–Crippen LogP) is 4.46. The predicted molar refractivity (Wildman–Crippen MR) is 130 cm³/mol. The number of hydrogen-bond donors (Lipinski definition) is 1. The lowest BCUT2D eigenvalue weighted by Crippen LogP contribution is -2.67. The van der Waals surface area contributed by atoms with Crippen LogP contribution in [0.2, 0.25) is 0 Å². The molecular weight excluding hydrogens is 426 g/mol. The molecule has 0 amide bonds. The molecular formula is C29H45NO4. The normalized spacial score (nSPS) is 54.8. The first-order valence-corrected chi connectivity index (χ1v) is 14.3. The summed E-state index contributed by atoms with van der Waals surface area (Å²) in [5.74, 6) is 4.37. The average molecular weight is 472 g/mol. The van der Waals surface area contributed by atoms with Crippen LogP contribution >= 0.6 is 0 Å². The molecule has 0 unspecified atom stereocenters. The van der Waals surface area contributed by atoms with Crippen LogP contribution in [0.15, 0.2) is 0 Å². The molecule has 0 aromatic rings. The maximum atomic E-state index is 13.5. The Morgan fingerprint density at radius 1 is 0.971 bits per heavy atom. The number of esters is 1. The molecule has 1 N–H and O–H groups in total. The van der Waals surface area contributed by atoms with Gasteiger partial charge in [-0.3, -0.25) is 14.5 Å². The van der Waals surface area contributed by atoms with Crippen LogP contribution in [0.5, 0.6) is 0 Å². The van der Waals surface area contributed by atoms with Gasteiger partial charge in [0.2, 0.25) is 0 Å². The van der Waals surface area contributed by atoms with Gasteiger partial charge in [0.05, 0.1) is 5.60 Å². The Morgan fingerprint density at radius 3 is 2.53 bits per heavy atom. The average Bonchev–Trinajstić information content (AvgIpc) is 3.14. The van der Waals surface area contributed by atoms with Gasteiger partial charge in [0.1, 0.15) is 11.9 Å². The summed E-state index contributed by atoms with van der Waals surface area (Å²) in [7, 11) is 0. The number of ketones is 1. The number of ether oxygens (including phenoxy) is 1. The molecule has 2 saturated heterocycles. The van der Waals surface area contributed by atoms with E-state index in [2.05, 4.69) is 25.7 Å². The first-order valence-electron chi connectivity index (χ1n) is 14.3. The van der Waals surface area contributed by atoms with E-state index in [1.807, 2.05) is 0 Å². The highest BCUT2D eigenvalue weighted by atomic mass is 16.5. The van der Waals surface area contributed by atoms with Crippen molar-refractivity contribution in [2.75, 3.05) is 13.1 Å². The van der Waals surface area contributed by atoms with E-state index < -0.39 is 5.60 Å². The van der Waals surface area contributed by atoms with Crippen molar-refractivity contribution < 1.29 is 19.4 Å². The second kappa shape index (κ2) is 8.03. The van der Waals surface area contributed by atoms with E-state index in [0.29, 0.717) is 47.3 Å². The van der Waals surface area contributed by atoms with E-state index in [1.165, 1.54) is 26.2 Å². The Kier molecular flexibility index (Phi) is 5.54. The third kappa shape index (κ3) is 3.38. The highest BCUT2D eigenvalue weighted by Gasteiger charge is 2.64. The number of fused-ring (bicyclic) bond motifs is 8. The van der Waals surface area contributed by atoms with Crippen molar-refractivity contribution >= 4 is 11.8 Å². The molecule has 2 aliphatic heterocycles. The maximum Gasteiger partial charge on any atom is 0.302 e. The number of nitrogens with zero attached hydrogens (tertiary/aromatic N) is 1. The molecule has 190 valence electrons. The number of carbonyl (C=O) groups excluding carboxylic acids is 2. The Hall–Kier alpha value is -0.940. The van der Waals surface area contributed by atoms with Crippen molar-refractivity contribution in [1.82, 2.24) is 4.90 Å². The number of rotatable bonds is 1. The van der Waals surface area contributed by atoms with E-state index in [1.54, 1.807) is 0 Å². The zero-order chi connectivity index (χ0) is 24.0. The van der Waals surface area contributed by atoms with E-state index in [0.717, 1.165) is 57.5 Å². The molecule has 4 aliphatic carbocycles. The topological polar surface area (TPSA) is 66.8 Å². The molecule has 12 atom stereocenters. The summed E-state index contributed by atoms with van der Waals surface area (Å²) < 4.78 is 5.57. The summed E-state index contributed by atoms with van der Waals surface area (Å²) in [5, 5.41) is 11.9. The van der Waals surface area contributed by atoms with Crippen molar-refractivity contribution in [2.45, 2.75) is 103 Å². The lowest BCUT2D eigenvalue weighted by Gasteiger charge is -2.59. The van der Waals surface area contributed by atoms with Crippen LogP contribution in [0.3, 0.4) is 0 Å². The molecule has 6 rings (SSSR count). The van der Waals surface area contributed by atoms with Gasteiger partial charge >= 0.3 is 5.97 Å². The summed E-state index contributed by atoms with van der Waals surface area (Å²) in [6, 6.07) is 0.324. The van der Waals surface area contributed by atoms with Crippen LogP contribution in [-0.4, -0.2) is 52.6 Å². The number of aliphatic hydroxyl groups is 1. The van der Waals surface area contributed by atoms with Gasteiger partial charge in [-0.05, 0) is 105 Å². The largest absolute Gasteiger partial charge is 0.463 e. The number of hydrogen-bond acceptors (Lipinski definition) is 5. The quantitative estimate of drug-likeness (QED) is 0.572. The Labute approximate surface area is 205 Å². The van der Waals surface area contributed by atoms with Crippen molar-refractivity contribution in [3.05, 3.63) is 0 Å². The first-order chi connectivity index (χ1) is 16.1. The fraction of sp³-hybridized carbons (Fsp3) is 0.931. The maximum absolute atomic E-state index is 13.5. The molecule has 0 radical (unpaired) electrons. The molecule has 5 nitrogen and oxygen atoms in total. The SMILES string of the molecule is CC(=O)O[C@@H]1CC[C@@]2(C)[C@H](C1)C(=O)C[C@H]1[C@@H]3CC[C@H]4[C@H](CN5C[C@@H](C)CC[C@H]5[C@@]4(C)O)[C@@H]3C[C@@H]12. The smallest absolute Gasteiger partial charge is 0.302 e. The fourth-order valence-corrected chi connectivity index (χ4v) is 10.7. The highest BCUT2D eigenvalue weighted by Crippen LogP contribution is 2.66. The molecule has 2 heterocycles. The molecule has 34 heavy (non-hydrogen) atoms. The molecule has 6 aliphatic rings. The molecule has 0 aromatic carbocycles. The van der Waals surface area contributed by atoms with Gasteiger partial charge in [-0.2, -0.15) is 0 Å². The van der Waals surface area contributed by atoms with Gasteiger partial charge in [0, 0.05) is 38.4 Å². The number of piperidine rings is 2. The van der Waals surface area contributed by atoms with Gasteiger partial charge in [0.15, 0.2) is 0 Å². The van der Waals surface area contributed by atoms with E-state index in [4.69, 9.17) is 4.74 Å². The van der Waals surface area contributed by atoms with Crippen LogP contribution in [0, 0.1) is 52.8 Å². The molecule has 0 aromatic heterocycles. The molecule has 0 bridgehead atoms. The zero-order valence-corrected chi connectivity index (χ0v) is 21.7. The van der Waals surface area contributed by atoms with Gasteiger partial charge in [-0.25, -0.2) is 0 Å². The highest BCUT2D eigenvalue weighted by molar-refractivity contribution is 5.83. The van der Waals surface area contributed by atoms with E-state index in [-0.39, 0.29) is 23.4 Å². The summed E-state index contributed by atoms with van der Waals surface area (Å²) in [6.45, 7) is 10.7. The summed E-state index contributed by atoms with van der Waals surface area (Å²) in [4.78, 5) is 27.7. The van der Waals surface area contributed by atoms with Gasteiger partial charge in [-0.1, -0.05) is 13.8 Å². The van der Waals surface area contributed by atoms with Gasteiger partial charge in [-0.15, -0.1) is 0 Å². The van der Waals surface area contributed by atoms with Crippen molar-refractivity contribution in [3.63, 3.8) is 0 Å². The Balaban J connectivity index is 1.26. The van der Waals surface area contributed by atoms with E-state index in [9.17, 15) is 14.7 Å². The second-order valence-electron chi connectivity index (χ2n) is 13.8. The minimum atomic E-state index is -0.591. The van der Waals surface area contributed by atoms with Crippen molar-refractivity contribution in [3.8, 4) is 0 Å². The third-order valence-electron chi connectivity index (χ3n) is 12.1. The second-order valence-corrected chi connectivity index (χ2v) is 13.8. The fourth-order valence-electron chi connectivity index (χ4n) is 10.7. The lowest BCUT2D eigenvalue weighted by molar-refractivity contribution is -0.175. The van der Waals surface area contributed by atoms with Crippen LogP contribution in [0.25, 0.3) is 0 Å². The number of Topliss-reactive ketones (excluding diaryl/α,β-unsaturated/α-hetero) is 1. The summed E-state index contributed by atoms with van der Waals surface area (Å²) in [6.07, 6.45) is 9.19. The van der Waals surface area contributed by atoms with Crippen LogP contribution in [-0.2, 0) is 14.3 Å². The van der Waals surface area contributed by atoms with E-state index >= 15 is 0 Å². The van der Waals surface area contributed by atoms with Crippen LogP contribution in [0.1, 0.15) is 85.5 Å². The van der Waals surface area contributed by atoms with Crippen molar-refractivity contribution in [2.24, 2.45) is 52.8 Å². The molecule has 6 fully saturated rings. The Morgan fingerprint density at radius 2 is 1.76 bits per heavy atom. The molecule has 5 heteroatoms. The minimum Gasteiger partial charge on any atom is -0.463 e. The summed E-state index contributed by atoms with van der Waals surface area (Å²) >= 11 is 0. The monoisotopic (exact) mass is 471 g/mol.